The number of rotatable bonds is 5. The normalized spacial score (nSPS) is 10.6. The molecule has 0 unspecified atom stereocenters. The molecular weight excluding hydrogens is 312 g/mol. The highest BCUT2D eigenvalue weighted by molar-refractivity contribution is 6.07. The molecule has 7 nitrogen and oxygen atoms in total. The Morgan fingerprint density at radius 2 is 1.92 bits per heavy atom. The number of ether oxygens (including phenoxy) is 1. The average Bonchev–Trinajstić information content (AvgIpc) is 2.93. The van der Waals surface area contributed by atoms with Gasteiger partial charge < -0.3 is 20.2 Å². The highest BCUT2D eigenvalue weighted by Gasteiger charge is 2.14. The SMILES string of the molecule is COC(=O)c1cc(/C=C/C(=O)Nc2ccccc2C(N)=O)oc1C. The van der Waals surface area contributed by atoms with E-state index in [9.17, 15) is 14.4 Å². The molecule has 0 atom stereocenters. The van der Waals surface area contributed by atoms with Gasteiger partial charge in [0.05, 0.1) is 18.4 Å². The third-order valence-electron chi connectivity index (χ3n) is 3.19. The summed E-state index contributed by atoms with van der Waals surface area (Å²) in [6.45, 7) is 1.62. The van der Waals surface area contributed by atoms with E-state index in [4.69, 9.17) is 10.2 Å². The number of carbonyl (C=O) groups is 3. The van der Waals surface area contributed by atoms with E-state index in [1.54, 1.807) is 25.1 Å². The fourth-order valence-electron chi connectivity index (χ4n) is 2.04. The molecule has 3 N–H and O–H groups in total. The van der Waals surface area contributed by atoms with E-state index in [2.05, 4.69) is 10.1 Å². The molecule has 0 saturated heterocycles. The van der Waals surface area contributed by atoms with E-state index in [1.165, 1.54) is 31.4 Å². The van der Waals surface area contributed by atoms with E-state index in [1.807, 2.05) is 0 Å². The highest BCUT2D eigenvalue weighted by atomic mass is 16.5. The number of hydrogen-bond acceptors (Lipinski definition) is 5. The number of nitrogens with one attached hydrogen (secondary N) is 1. The molecule has 0 spiro atoms. The van der Waals surface area contributed by atoms with Gasteiger partial charge in [-0.2, -0.15) is 0 Å². The van der Waals surface area contributed by atoms with Gasteiger partial charge in [0.2, 0.25) is 5.91 Å². The van der Waals surface area contributed by atoms with Crippen molar-refractivity contribution in [3.8, 4) is 0 Å². The number of primary amides is 1. The summed E-state index contributed by atoms with van der Waals surface area (Å²) < 4.78 is 9.98. The Bertz CT molecular complexity index is 820. The summed E-state index contributed by atoms with van der Waals surface area (Å²) in [5.41, 5.74) is 6.06. The van der Waals surface area contributed by atoms with Crippen molar-refractivity contribution in [3.05, 3.63) is 59.1 Å². The summed E-state index contributed by atoms with van der Waals surface area (Å²) in [5.74, 6) is -0.917. The zero-order chi connectivity index (χ0) is 17.7. The van der Waals surface area contributed by atoms with Crippen molar-refractivity contribution in [2.45, 2.75) is 6.92 Å². The van der Waals surface area contributed by atoms with Gasteiger partial charge in [0, 0.05) is 6.08 Å². The average molecular weight is 328 g/mol. The minimum Gasteiger partial charge on any atom is -0.465 e. The van der Waals surface area contributed by atoms with Crippen LogP contribution in [0.5, 0.6) is 0 Å². The molecule has 0 radical (unpaired) electrons. The van der Waals surface area contributed by atoms with Crippen LogP contribution >= 0.6 is 0 Å². The molecule has 2 aromatic rings. The first kappa shape index (κ1) is 17.0. The van der Waals surface area contributed by atoms with Gasteiger partial charge in [-0.15, -0.1) is 0 Å². The first-order chi connectivity index (χ1) is 11.4. The van der Waals surface area contributed by atoms with E-state index in [0.29, 0.717) is 17.2 Å². The summed E-state index contributed by atoms with van der Waals surface area (Å²) in [6, 6.07) is 7.87. The van der Waals surface area contributed by atoms with Crippen molar-refractivity contribution in [1.82, 2.24) is 0 Å². The number of furan rings is 1. The second-order valence-electron chi connectivity index (χ2n) is 4.84. The minimum absolute atomic E-state index is 0.209. The predicted molar refractivity (Wildman–Crippen MR) is 87.4 cm³/mol. The van der Waals surface area contributed by atoms with Crippen molar-refractivity contribution in [1.29, 1.82) is 0 Å². The number of aryl methyl sites for hydroxylation is 1. The molecule has 1 heterocycles. The van der Waals surface area contributed by atoms with Crippen molar-refractivity contribution in [3.63, 3.8) is 0 Å². The maximum absolute atomic E-state index is 12.0. The Balaban J connectivity index is 2.12. The van der Waals surface area contributed by atoms with Gasteiger partial charge in [0.1, 0.15) is 17.1 Å². The zero-order valence-corrected chi connectivity index (χ0v) is 13.2. The second-order valence-corrected chi connectivity index (χ2v) is 4.84. The van der Waals surface area contributed by atoms with Gasteiger partial charge in [-0.25, -0.2) is 4.79 Å². The molecule has 1 aromatic heterocycles. The lowest BCUT2D eigenvalue weighted by molar-refractivity contribution is -0.111. The fraction of sp³-hybridized carbons (Fsp3) is 0.118. The molecule has 0 aliphatic carbocycles. The van der Waals surface area contributed by atoms with Crippen molar-refractivity contribution in [2.75, 3.05) is 12.4 Å². The Hall–Kier alpha value is -3.35. The Labute approximate surface area is 138 Å². The molecule has 0 aliphatic heterocycles. The fourth-order valence-corrected chi connectivity index (χ4v) is 2.04. The Morgan fingerprint density at radius 1 is 1.21 bits per heavy atom. The Morgan fingerprint density at radius 3 is 2.58 bits per heavy atom. The van der Waals surface area contributed by atoms with Crippen LogP contribution in [-0.4, -0.2) is 24.9 Å². The highest BCUT2D eigenvalue weighted by Crippen LogP contribution is 2.17. The number of methoxy groups -OCH3 is 1. The second kappa shape index (κ2) is 7.28. The van der Waals surface area contributed by atoms with Crippen LogP contribution in [0.2, 0.25) is 0 Å². The quantitative estimate of drug-likeness (QED) is 0.645. The van der Waals surface area contributed by atoms with Crippen LogP contribution in [0.15, 0.2) is 40.8 Å². The van der Waals surface area contributed by atoms with Crippen molar-refractivity contribution < 1.29 is 23.5 Å². The van der Waals surface area contributed by atoms with E-state index in [-0.39, 0.29) is 11.1 Å². The van der Waals surface area contributed by atoms with E-state index >= 15 is 0 Å². The third kappa shape index (κ3) is 3.89. The molecule has 0 fully saturated rings. The van der Waals surface area contributed by atoms with Crippen LogP contribution in [0.3, 0.4) is 0 Å². The summed E-state index contributed by atoms with van der Waals surface area (Å²) in [6.07, 6.45) is 2.62. The van der Waals surface area contributed by atoms with E-state index in [0.717, 1.165) is 0 Å². The lowest BCUT2D eigenvalue weighted by atomic mass is 10.1. The van der Waals surface area contributed by atoms with Gasteiger partial charge in [-0.3, -0.25) is 9.59 Å². The summed E-state index contributed by atoms with van der Waals surface area (Å²) in [4.78, 5) is 34.8. The summed E-state index contributed by atoms with van der Waals surface area (Å²) in [7, 11) is 1.27. The van der Waals surface area contributed by atoms with Crippen molar-refractivity contribution in [2.24, 2.45) is 5.73 Å². The number of amides is 2. The molecule has 2 rings (SSSR count). The maximum atomic E-state index is 12.0. The molecule has 0 aliphatic rings. The third-order valence-corrected chi connectivity index (χ3v) is 3.19. The van der Waals surface area contributed by atoms with Gasteiger partial charge in [0.15, 0.2) is 0 Å². The lowest BCUT2D eigenvalue weighted by Gasteiger charge is -2.06. The van der Waals surface area contributed by atoms with Gasteiger partial charge >= 0.3 is 5.97 Å². The number of para-hydroxylation sites is 1. The molecule has 1 aromatic carbocycles. The number of esters is 1. The lowest BCUT2D eigenvalue weighted by Crippen LogP contribution is -2.16. The minimum atomic E-state index is -0.640. The van der Waals surface area contributed by atoms with Crippen LogP contribution in [0.25, 0.3) is 6.08 Å². The monoisotopic (exact) mass is 328 g/mol. The van der Waals surface area contributed by atoms with Crippen LogP contribution in [0, 0.1) is 6.92 Å². The van der Waals surface area contributed by atoms with Gasteiger partial charge in [0.25, 0.3) is 5.91 Å². The molecule has 0 bridgehead atoms. The smallest absolute Gasteiger partial charge is 0.341 e. The zero-order valence-electron chi connectivity index (χ0n) is 13.2. The molecule has 24 heavy (non-hydrogen) atoms. The standard InChI is InChI=1S/C17H16N2O5/c1-10-13(17(22)23-2)9-11(24-10)7-8-15(20)19-14-6-4-3-5-12(14)16(18)21/h3-9H,1-2H3,(H2,18,21)(H,19,20)/b8-7+. The molecule has 0 saturated carbocycles. The van der Waals surface area contributed by atoms with Gasteiger partial charge in [-0.05, 0) is 31.2 Å². The number of nitrogens with two attached hydrogens (primary N) is 1. The van der Waals surface area contributed by atoms with Crippen LogP contribution in [-0.2, 0) is 9.53 Å². The molecule has 2 amide bonds. The first-order valence-electron chi connectivity index (χ1n) is 6.99. The topological polar surface area (TPSA) is 112 Å². The van der Waals surface area contributed by atoms with E-state index < -0.39 is 17.8 Å². The van der Waals surface area contributed by atoms with Crippen molar-refractivity contribution >= 4 is 29.5 Å². The Kier molecular flexibility index (Phi) is 5.16. The molecule has 7 heteroatoms. The largest absolute Gasteiger partial charge is 0.465 e. The van der Waals surface area contributed by atoms with Crippen LogP contribution in [0.1, 0.15) is 32.2 Å². The number of hydrogen-bond donors (Lipinski definition) is 2. The van der Waals surface area contributed by atoms with Gasteiger partial charge in [-0.1, -0.05) is 12.1 Å². The first-order valence-corrected chi connectivity index (χ1v) is 6.99. The summed E-state index contributed by atoms with van der Waals surface area (Å²) >= 11 is 0. The maximum Gasteiger partial charge on any atom is 0.341 e. The van der Waals surface area contributed by atoms with Crippen LogP contribution < -0.4 is 11.1 Å². The number of anilines is 1. The predicted octanol–water partition coefficient (Wildman–Crippen LogP) is 2.13. The molecule has 124 valence electrons. The van der Waals surface area contributed by atoms with Crippen LogP contribution in [0.4, 0.5) is 5.69 Å². The molecular formula is C17H16N2O5. The number of benzene rings is 1. The number of carbonyl (C=O) groups excluding carboxylic acids is 3. The summed E-state index contributed by atoms with van der Waals surface area (Å²) in [5, 5.41) is 2.56.